The van der Waals surface area contributed by atoms with Crippen LogP contribution in [0.1, 0.15) is 82.3 Å². The molecule has 198 valence electrons. The van der Waals surface area contributed by atoms with Crippen molar-refractivity contribution >= 4 is 17.5 Å². The molecule has 1 aromatic carbocycles. The van der Waals surface area contributed by atoms with Gasteiger partial charge in [-0.1, -0.05) is 50.3 Å². The third-order valence-electron chi connectivity index (χ3n) is 8.87. The second-order valence-corrected chi connectivity index (χ2v) is 11.3. The molecule has 2 unspecified atom stereocenters. The van der Waals surface area contributed by atoms with Crippen molar-refractivity contribution in [2.24, 2.45) is 5.92 Å². The number of carbonyl (C=O) groups is 2. The van der Waals surface area contributed by atoms with Crippen molar-refractivity contribution in [3.63, 3.8) is 0 Å². The maximum Gasteiger partial charge on any atom is 0.223 e. The second-order valence-electron chi connectivity index (χ2n) is 11.3. The topological polar surface area (TPSA) is 56.8 Å². The molecule has 0 radical (unpaired) electrons. The van der Waals surface area contributed by atoms with Gasteiger partial charge in [-0.15, -0.1) is 0 Å². The summed E-state index contributed by atoms with van der Waals surface area (Å²) in [6, 6.07) is 13.1. The van der Waals surface area contributed by atoms with E-state index in [0.717, 1.165) is 50.0 Å². The Bertz CT molecular complexity index is 1050. The fourth-order valence-electron chi connectivity index (χ4n) is 6.79. The van der Waals surface area contributed by atoms with Crippen LogP contribution in [0.2, 0.25) is 0 Å². The fraction of sp³-hybridized carbons (Fsp3) is 0.581. The van der Waals surface area contributed by atoms with Crippen molar-refractivity contribution < 1.29 is 9.59 Å². The number of anilines is 1. The van der Waals surface area contributed by atoms with Gasteiger partial charge in [0.2, 0.25) is 11.8 Å². The predicted octanol–water partition coefficient (Wildman–Crippen LogP) is 5.56. The SMILES string of the molecule is CC(=O)N1CCC2CCC(CN(C(=O)CCC3CCCCC3)Cc3ccccc31)N2Cc1ccncc1. The van der Waals surface area contributed by atoms with E-state index in [1.807, 2.05) is 35.5 Å². The Morgan fingerprint density at radius 1 is 0.919 bits per heavy atom. The number of pyridine rings is 1. The Morgan fingerprint density at radius 3 is 2.46 bits per heavy atom. The molecule has 6 heteroatoms. The number of para-hydroxylation sites is 1. The summed E-state index contributed by atoms with van der Waals surface area (Å²) in [5, 5.41) is 0. The van der Waals surface area contributed by atoms with E-state index in [9.17, 15) is 9.59 Å². The lowest BCUT2D eigenvalue weighted by atomic mass is 9.86. The number of benzene rings is 1. The smallest absolute Gasteiger partial charge is 0.223 e. The molecular formula is C31H42N4O2. The molecule has 2 aromatic rings. The molecule has 0 N–H and O–H groups in total. The maximum absolute atomic E-state index is 13.8. The molecule has 1 aromatic heterocycles. The first-order valence-electron chi connectivity index (χ1n) is 14.4. The summed E-state index contributed by atoms with van der Waals surface area (Å²) in [6.45, 7) is 4.53. The number of hydrogen-bond donors (Lipinski definition) is 0. The van der Waals surface area contributed by atoms with Crippen LogP contribution in [0.15, 0.2) is 48.8 Å². The maximum atomic E-state index is 13.8. The van der Waals surface area contributed by atoms with E-state index in [1.54, 1.807) is 6.92 Å². The van der Waals surface area contributed by atoms with Gasteiger partial charge in [-0.2, -0.15) is 0 Å². The highest BCUT2D eigenvalue weighted by Crippen LogP contribution is 2.33. The Labute approximate surface area is 222 Å². The normalized spacial score (nSPS) is 23.4. The Balaban J connectivity index is 1.42. The summed E-state index contributed by atoms with van der Waals surface area (Å²) in [6.07, 6.45) is 15.0. The standard InChI is InChI=1S/C31H42N4O2/c1-24(36)34-20-17-28-12-13-29(35(28)21-26-15-18-32-19-16-26)23-33(22-27-9-5-6-10-30(27)34)31(37)14-11-25-7-3-2-4-8-25/h5-6,9-10,15-16,18-19,25,28-29H,2-4,7-8,11-14,17,20-23H2,1H3. The van der Waals surface area contributed by atoms with E-state index in [2.05, 4.69) is 33.0 Å². The van der Waals surface area contributed by atoms with E-state index in [4.69, 9.17) is 0 Å². The molecule has 2 atom stereocenters. The van der Waals surface area contributed by atoms with Crippen molar-refractivity contribution in [3.8, 4) is 0 Å². The van der Waals surface area contributed by atoms with Crippen molar-refractivity contribution in [2.75, 3.05) is 18.0 Å². The Morgan fingerprint density at radius 2 is 1.68 bits per heavy atom. The van der Waals surface area contributed by atoms with Crippen LogP contribution in [-0.2, 0) is 22.7 Å². The van der Waals surface area contributed by atoms with Crippen LogP contribution in [0.4, 0.5) is 5.69 Å². The van der Waals surface area contributed by atoms with E-state index in [1.165, 1.54) is 37.7 Å². The molecular weight excluding hydrogens is 460 g/mol. The first kappa shape index (κ1) is 25.9. The van der Waals surface area contributed by atoms with Crippen LogP contribution in [-0.4, -0.2) is 51.8 Å². The second kappa shape index (κ2) is 12.2. The van der Waals surface area contributed by atoms with E-state index >= 15 is 0 Å². The first-order valence-corrected chi connectivity index (χ1v) is 14.4. The minimum atomic E-state index is 0.0668. The number of aromatic nitrogens is 1. The van der Waals surface area contributed by atoms with E-state index in [-0.39, 0.29) is 11.8 Å². The number of nitrogens with zero attached hydrogens (tertiary/aromatic N) is 4. The number of hydrogen-bond acceptors (Lipinski definition) is 4. The Kier molecular flexibility index (Phi) is 8.55. The minimum Gasteiger partial charge on any atom is -0.337 e. The van der Waals surface area contributed by atoms with Gasteiger partial charge < -0.3 is 9.80 Å². The lowest BCUT2D eigenvalue weighted by molar-refractivity contribution is -0.133. The monoisotopic (exact) mass is 502 g/mol. The summed E-state index contributed by atoms with van der Waals surface area (Å²) < 4.78 is 0. The van der Waals surface area contributed by atoms with E-state index < -0.39 is 0 Å². The molecule has 3 heterocycles. The summed E-state index contributed by atoms with van der Waals surface area (Å²) in [4.78, 5) is 37.4. The van der Waals surface area contributed by atoms with Crippen LogP contribution in [0.25, 0.3) is 0 Å². The van der Waals surface area contributed by atoms with Gasteiger partial charge in [0.1, 0.15) is 0 Å². The average Bonchev–Trinajstić information content (AvgIpc) is 3.28. The van der Waals surface area contributed by atoms with Crippen LogP contribution >= 0.6 is 0 Å². The summed E-state index contributed by atoms with van der Waals surface area (Å²) in [5.41, 5.74) is 3.28. The fourth-order valence-corrected chi connectivity index (χ4v) is 6.79. The first-order chi connectivity index (χ1) is 18.1. The van der Waals surface area contributed by atoms with Crippen molar-refractivity contribution in [2.45, 2.75) is 96.3 Å². The van der Waals surface area contributed by atoms with Crippen molar-refractivity contribution in [3.05, 3.63) is 59.9 Å². The highest BCUT2D eigenvalue weighted by Gasteiger charge is 2.36. The molecule has 5 rings (SSSR count). The quantitative estimate of drug-likeness (QED) is 0.537. The van der Waals surface area contributed by atoms with Gasteiger partial charge in [0.15, 0.2) is 0 Å². The third-order valence-corrected chi connectivity index (χ3v) is 8.87. The highest BCUT2D eigenvalue weighted by molar-refractivity contribution is 5.92. The number of rotatable bonds is 5. The van der Waals surface area contributed by atoms with Crippen LogP contribution in [0.5, 0.6) is 0 Å². The predicted molar refractivity (Wildman–Crippen MR) is 147 cm³/mol. The van der Waals surface area contributed by atoms with Gasteiger partial charge in [0.05, 0.1) is 0 Å². The molecule has 2 amide bonds. The lowest BCUT2D eigenvalue weighted by Gasteiger charge is -2.34. The van der Waals surface area contributed by atoms with Gasteiger partial charge >= 0.3 is 0 Å². The number of fused-ring (bicyclic) bond motifs is 3. The van der Waals surface area contributed by atoms with Crippen molar-refractivity contribution in [1.29, 1.82) is 0 Å². The molecule has 1 saturated carbocycles. The Hall–Kier alpha value is -2.73. The molecule has 1 aliphatic carbocycles. The van der Waals surface area contributed by atoms with Gasteiger partial charge in [-0.05, 0) is 60.9 Å². The third kappa shape index (κ3) is 6.40. The molecule has 2 fully saturated rings. The zero-order valence-corrected chi connectivity index (χ0v) is 22.4. The van der Waals surface area contributed by atoms with Crippen LogP contribution in [0.3, 0.4) is 0 Å². The van der Waals surface area contributed by atoms with E-state index in [0.29, 0.717) is 37.5 Å². The van der Waals surface area contributed by atoms with Gasteiger partial charge in [-0.3, -0.25) is 19.5 Å². The zero-order valence-electron chi connectivity index (χ0n) is 22.4. The highest BCUT2D eigenvalue weighted by atomic mass is 16.2. The zero-order chi connectivity index (χ0) is 25.6. The molecule has 2 bridgehead atoms. The summed E-state index contributed by atoms with van der Waals surface area (Å²) in [7, 11) is 0. The lowest BCUT2D eigenvalue weighted by Crippen LogP contribution is -2.45. The summed E-state index contributed by atoms with van der Waals surface area (Å²) in [5.74, 6) is 1.03. The van der Waals surface area contributed by atoms with Crippen LogP contribution < -0.4 is 4.90 Å². The molecule has 3 aliphatic rings. The number of carbonyl (C=O) groups excluding carboxylic acids is 2. The molecule has 1 saturated heterocycles. The largest absolute Gasteiger partial charge is 0.337 e. The molecule has 0 spiro atoms. The average molecular weight is 503 g/mol. The minimum absolute atomic E-state index is 0.0668. The van der Waals surface area contributed by atoms with Gasteiger partial charge in [0.25, 0.3) is 0 Å². The van der Waals surface area contributed by atoms with Gasteiger partial charge in [-0.25, -0.2) is 0 Å². The van der Waals surface area contributed by atoms with Crippen molar-refractivity contribution in [1.82, 2.24) is 14.8 Å². The van der Waals surface area contributed by atoms with Crippen LogP contribution in [0, 0.1) is 5.92 Å². The molecule has 2 aliphatic heterocycles. The van der Waals surface area contributed by atoms with Gasteiger partial charge in [0, 0.05) is 69.7 Å². The summed E-state index contributed by atoms with van der Waals surface area (Å²) >= 11 is 0. The molecule has 37 heavy (non-hydrogen) atoms. The number of amides is 2. The molecule has 6 nitrogen and oxygen atoms in total.